The molecule has 2 aromatic carbocycles. The highest BCUT2D eigenvalue weighted by Gasteiger charge is 2.17. The van der Waals surface area contributed by atoms with E-state index in [1.165, 1.54) is 6.07 Å². The maximum absolute atomic E-state index is 13.9. The summed E-state index contributed by atoms with van der Waals surface area (Å²) in [5, 5.41) is 3.16. The fourth-order valence-electron chi connectivity index (χ4n) is 2.60. The second-order valence-electron chi connectivity index (χ2n) is 5.90. The van der Waals surface area contributed by atoms with Crippen LogP contribution in [0.5, 0.6) is 11.5 Å². The van der Waals surface area contributed by atoms with Crippen LogP contribution < -0.4 is 14.8 Å². The number of carbonyl (C=O) groups is 1. The largest absolute Gasteiger partial charge is 0.486 e. The molecule has 0 aromatic heterocycles. The molecule has 0 saturated carbocycles. The van der Waals surface area contributed by atoms with Crippen LogP contribution in [0.15, 0.2) is 34.8 Å². The third-order valence-corrected chi connectivity index (χ3v) is 4.82. The molecule has 0 aliphatic carbocycles. The van der Waals surface area contributed by atoms with Crippen LogP contribution in [-0.4, -0.2) is 37.6 Å². The van der Waals surface area contributed by atoms with Gasteiger partial charge < -0.3 is 14.8 Å². The second kappa shape index (κ2) is 8.24. The lowest BCUT2D eigenvalue weighted by Gasteiger charge is -2.21. The molecule has 0 atom stereocenters. The number of fused-ring (bicyclic) bond motifs is 1. The van der Waals surface area contributed by atoms with Crippen LogP contribution in [0, 0.1) is 5.82 Å². The SMILES string of the molecule is CN(CC(=O)Nc1cc2c(cc1Br)OCCO2)Cc1c(F)cccc1Cl. The summed E-state index contributed by atoms with van der Waals surface area (Å²) in [6.07, 6.45) is 0. The van der Waals surface area contributed by atoms with Crippen molar-refractivity contribution in [2.45, 2.75) is 6.54 Å². The summed E-state index contributed by atoms with van der Waals surface area (Å²) in [5.74, 6) is 0.588. The predicted octanol–water partition coefficient (Wildman–Crippen LogP) is 4.08. The zero-order valence-electron chi connectivity index (χ0n) is 14.0. The Hall–Kier alpha value is -1.83. The molecule has 26 heavy (non-hydrogen) atoms. The van der Waals surface area contributed by atoms with Crippen LogP contribution in [0.1, 0.15) is 5.56 Å². The van der Waals surface area contributed by atoms with Crippen molar-refractivity contribution in [1.82, 2.24) is 4.90 Å². The molecular formula is C18H17BrClFN2O3. The number of benzene rings is 2. The number of halogens is 3. The average Bonchev–Trinajstić information content (AvgIpc) is 2.59. The Morgan fingerprint density at radius 2 is 2.00 bits per heavy atom. The Kier molecular flexibility index (Phi) is 6.01. The number of rotatable bonds is 5. The van der Waals surface area contributed by atoms with Crippen LogP contribution in [0.25, 0.3) is 0 Å². The minimum absolute atomic E-state index is 0.0749. The third kappa shape index (κ3) is 4.47. The summed E-state index contributed by atoms with van der Waals surface area (Å²) in [6, 6.07) is 7.99. The fraction of sp³-hybridized carbons (Fsp3) is 0.278. The molecule has 1 heterocycles. The molecule has 138 valence electrons. The number of amides is 1. The Morgan fingerprint density at radius 3 is 2.69 bits per heavy atom. The molecule has 1 aliphatic heterocycles. The number of likely N-dealkylation sites (N-methyl/N-ethyl adjacent to an activating group) is 1. The summed E-state index contributed by atoms with van der Waals surface area (Å²) < 4.78 is 25.6. The number of nitrogens with one attached hydrogen (secondary N) is 1. The molecule has 1 amide bonds. The van der Waals surface area contributed by atoms with E-state index in [0.29, 0.717) is 45.5 Å². The van der Waals surface area contributed by atoms with Crippen LogP contribution >= 0.6 is 27.5 Å². The Balaban J connectivity index is 1.63. The molecule has 0 saturated heterocycles. The maximum Gasteiger partial charge on any atom is 0.238 e. The van der Waals surface area contributed by atoms with E-state index in [9.17, 15) is 9.18 Å². The summed E-state index contributed by atoms with van der Waals surface area (Å²) in [6.45, 7) is 1.26. The monoisotopic (exact) mass is 442 g/mol. The molecule has 0 fully saturated rings. The number of ether oxygens (including phenoxy) is 2. The van der Waals surface area contributed by atoms with E-state index in [0.717, 1.165) is 0 Å². The van der Waals surface area contributed by atoms with Crippen molar-refractivity contribution in [3.63, 3.8) is 0 Å². The van der Waals surface area contributed by atoms with Crippen molar-refractivity contribution in [3.05, 3.63) is 51.2 Å². The minimum Gasteiger partial charge on any atom is -0.486 e. The predicted molar refractivity (Wildman–Crippen MR) is 102 cm³/mol. The number of hydrogen-bond acceptors (Lipinski definition) is 4. The molecule has 1 N–H and O–H groups in total. The van der Waals surface area contributed by atoms with Crippen molar-refractivity contribution in [1.29, 1.82) is 0 Å². The molecule has 0 unspecified atom stereocenters. The van der Waals surface area contributed by atoms with Crippen molar-refractivity contribution in [2.75, 3.05) is 32.1 Å². The summed E-state index contributed by atoms with van der Waals surface area (Å²) in [4.78, 5) is 14.0. The van der Waals surface area contributed by atoms with E-state index < -0.39 is 0 Å². The van der Waals surface area contributed by atoms with Crippen molar-refractivity contribution >= 4 is 39.1 Å². The quantitative estimate of drug-likeness (QED) is 0.756. The van der Waals surface area contributed by atoms with E-state index in [1.54, 1.807) is 36.2 Å². The van der Waals surface area contributed by atoms with E-state index >= 15 is 0 Å². The number of anilines is 1. The molecule has 0 radical (unpaired) electrons. The molecule has 2 aromatic rings. The Labute approximate surface area is 164 Å². The summed E-state index contributed by atoms with van der Waals surface area (Å²) >= 11 is 9.44. The van der Waals surface area contributed by atoms with Crippen LogP contribution in [0.2, 0.25) is 5.02 Å². The molecular weight excluding hydrogens is 427 g/mol. The molecule has 1 aliphatic rings. The lowest BCUT2D eigenvalue weighted by atomic mass is 10.2. The highest BCUT2D eigenvalue weighted by Crippen LogP contribution is 2.38. The third-order valence-electron chi connectivity index (χ3n) is 3.81. The van der Waals surface area contributed by atoms with Gasteiger partial charge in [-0.25, -0.2) is 4.39 Å². The van der Waals surface area contributed by atoms with Gasteiger partial charge in [-0.05, 0) is 35.1 Å². The first kappa shape index (κ1) is 18.9. The number of nitrogens with zero attached hydrogens (tertiary/aromatic N) is 1. The van der Waals surface area contributed by atoms with Crippen molar-refractivity contribution < 1.29 is 18.7 Å². The highest BCUT2D eigenvalue weighted by molar-refractivity contribution is 9.10. The summed E-state index contributed by atoms with van der Waals surface area (Å²) in [7, 11) is 1.72. The van der Waals surface area contributed by atoms with Crippen LogP contribution in [0.3, 0.4) is 0 Å². The van der Waals surface area contributed by atoms with Gasteiger partial charge in [-0.3, -0.25) is 9.69 Å². The van der Waals surface area contributed by atoms with Gasteiger partial charge >= 0.3 is 0 Å². The lowest BCUT2D eigenvalue weighted by Crippen LogP contribution is -2.30. The Morgan fingerprint density at radius 1 is 1.31 bits per heavy atom. The van der Waals surface area contributed by atoms with Gasteiger partial charge in [-0.2, -0.15) is 0 Å². The zero-order chi connectivity index (χ0) is 18.7. The number of hydrogen-bond donors (Lipinski definition) is 1. The van der Waals surface area contributed by atoms with Gasteiger partial charge in [-0.1, -0.05) is 17.7 Å². The van der Waals surface area contributed by atoms with Crippen LogP contribution in [-0.2, 0) is 11.3 Å². The van der Waals surface area contributed by atoms with Crippen LogP contribution in [0.4, 0.5) is 10.1 Å². The smallest absolute Gasteiger partial charge is 0.238 e. The standard InChI is InChI=1S/C18H17BrClFN2O3/c1-23(9-11-13(20)3-2-4-14(11)21)10-18(24)22-15-8-17-16(7-12(15)19)25-5-6-26-17/h2-4,7-8H,5-6,9-10H2,1H3,(H,22,24). The topological polar surface area (TPSA) is 50.8 Å². The zero-order valence-corrected chi connectivity index (χ0v) is 16.4. The minimum atomic E-state index is -0.390. The van der Waals surface area contributed by atoms with Gasteiger partial charge in [0.1, 0.15) is 19.0 Å². The van der Waals surface area contributed by atoms with E-state index in [-0.39, 0.29) is 24.8 Å². The number of carbonyl (C=O) groups excluding carboxylic acids is 1. The van der Waals surface area contributed by atoms with Gasteiger partial charge in [0.25, 0.3) is 0 Å². The molecule has 0 spiro atoms. The average molecular weight is 444 g/mol. The first-order valence-corrected chi connectivity index (χ1v) is 9.11. The maximum atomic E-state index is 13.9. The first-order chi connectivity index (χ1) is 12.4. The van der Waals surface area contributed by atoms with Gasteiger partial charge in [0.05, 0.1) is 12.2 Å². The van der Waals surface area contributed by atoms with Crippen molar-refractivity contribution in [3.8, 4) is 11.5 Å². The van der Waals surface area contributed by atoms with Gasteiger partial charge in [0, 0.05) is 33.7 Å². The molecule has 3 rings (SSSR count). The van der Waals surface area contributed by atoms with Gasteiger partial charge in [-0.15, -0.1) is 0 Å². The van der Waals surface area contributed by atoms with E-state index in [2.05, 4.69) is 21.2 Å². The van der Waals surface area contributed by atoms with Gasteiger partial charge in [0.15, 0.2) is 11.5 Å². The molecule has 8 heteroatoms. The first-order valence-electron chi connectivity index (χ1n) is 7.94. The van der Waals surface area contributed by atoms with Gasteiger partial charge in [0.2, 0.25) is 5.91 Å². The molecule has 5 nitrogen and oxygen atoms in total. The molecule has 0 bridgehead atoms. The lowest BCUT2D eigenvalue weighted by molar-refractivity contribution is -0.117. The normalized spacial score (nSPS) is 13.0. The van der Waals surface area contributed by atoms with E-state index in [1.807, 2.05) is 0 Å². The fourth-order valence-corrected chi connectivity index (χ4v) is 3.25. The second-order valence-corrected chi connectivity index (χ2v) is 7.16. The Bertz CT molecular complexity index is 814. The van der Waals surface area contributed by atoms with Crippen molar-refractivity contribution in [2.24, 2.45) is 0 Å². The summed E-state index contributed by atoms with van der Waals surface area (Å²) in [5.41, 5.74) is 0.946. The highest BCUT2D eigenvalue weighted by atomic mass is 79.9. The van der Waals surface area contributed by atoms with E-state index in [4.69, 9.17) is 21.1 Å².